The van der Waals surface area contributed by atoms with Crippen molar-refractivity contribution < 1.29 is 13.2 Å². The molecule has 0 saturated carbocycles. The molecule has 184 valence electrons. The Labute approximate surface area is 216 Å². The smallest absolute Gasteiger partial charge is 0.244 e. The van der Waals surface area contributed by atoms with Crippen LogP contribution in [0, 0.1) is 27.7 Å². The predicted octanol–water partition coefficient (Wildman–Crippen LogP) is 5.85. The topological polar surface area (TPSA) is 57.7 Å². The summed E-state index contributed by atoms with van der Waals surface area (Å²) in [6.07, 6.45) is 0.738. The van der Waals surface area contributed by atoms with Crippen molar-refractivity contribution in [2.24, 2.45) is 0 Å². The van der Waals surface area contributed by atoms with Gasteiger partial charge in [0.1, 0.15) is 0 Å². The molecule has 3 aromatic carbocycles. The Morgan fingerprint density at radius 1 is 0.971 bits per heavy atom. The fraction of sp³-hybridized carbons (Fsp3) is 0.321. The zero-order chi connectivity index (χ0) is 25.5. The Kier molecular flexibility index (Phi) is 7.23. The lowest BCUT2D eigenvalue weighted by Gasteiger charge is -2.28. The quantitative estimate of drug-likeness (QED) is 0.384. The van der Waals surface area contributed by atoms with E-state index in [-0.39, 0.29) is 29.9 Å². The summed E-state index contributed by atoms with van der Waals surface area (Å²) in [7, 11) is -3.94. The molecule has 0 spiro atoms. The first kappa shape index (κ1) is 25.6. The van der Waals surface area contributed by atoms with Crippen LogP contribution < -0.4 is 4.90 Å². The minimum absolute atomic E-state index is 0.0430. The highest BCUT2D eigenvalue weighted by Gasteiger charge is 2.35. The van der Waals surface area contributed by atoms with Gasteiger partial charge in [-0.15, -0.1) is 0 Å². The van der Waals surface area contributed by atoms with E-state index in [1.54, 1.807) is 4.90 Å². The molecular formula is C28H31BrN2O3S. The first-order chi connectivity index (χ1) is 16.5. The number of sulfonamides is 1. The number of aryl methyl sites for hydroxylation is 4. The van der Waals surface area contributed by atoms with E-state index in [2.05, 4.69) is 15.9 Å². The predicted molar refractivity (Wildman–Crippen MR) is 144 cm³/mol. The summed E-state index contributed by atoms with van der Waals surface area (Å²) in [6, 6.07) is 17.3. The van der Waals surface area contributed by atoms with Crippen molar-refractivity contribution in [3.63, 3.8) is 0 Å². The molecule has 1 atom stereocenters. The number of anilines is 1. The number of benzene rings is 3. The van der Waals surface area contributed by atoms with Gasteiger partial charge in [0.25, 0.3) is 0 Å². The van der Waals surface area contributed by atoms with E-state index < -0.39 is 10.0 Å². The van der Waals surface area contributed by atoms with E-state index in [0.29, 0.717) is 11.1 Å². The third-order valence-electron chi connectivity index (χ3n) is 6.52. The molecule has 1 aliphatic rings. The first-order valence-corrected chi connectivity index (χ1v) is 13.9. The summed E-state index contributed by atoms with van der Waals surface area (Å²) >= 11 is 3.50. The maximum atomic E-state index is 14.0. The highest BCUT2D eigenvalue weighted by molar-refractivity contribution is 9.10. The molecule has 3 aromatic rings. The number of carbonyl (C=O) groups excluding carboxylic acids is 1. The summed E-state index contributed by atoms with van der Waals surface area (Å²) in [5, 5.41) is 0. The van der Waals surface area contributed by atoms with Gasteiger partial charge in [-0.3, -0.25) is 4.79 Å². The van der Waals surface area contributed by atoms with Crippen LogP contribution in [0.2, 0.25) is 0 Å². The SMILES string of the molecule is Cc1ccc(CN(CC(=O)N2c3ccc(Br)cc3C[C@H]2C)S(=O)(=O)c2c(C)cc(C)cc2C)cc1. The summed E-state index contributed by atoms with van der Waals surface area (Å²) in [4.78, 5) is 15.7. The van der Waals surface area contributed by atoms with Crippen LogP contribution in [0.3, 0.4) is 0 Å². The third-order valence-corrected chi connectivity index (χ3v) is 9.11. The summed E-state index contributed by atoms with van der Waals surface area (Å²) in [5.41, 5.74) is 6.25. The van der Waals surface area contributed by atoms with Gasteiger partial charge in [0, 0.05) is 22.7 Å². The Morgan fingerprint density at radius 3 is 2.23 bits per heavy atom. The summed E-state index contributed by atoms with van der Waals surface area (Å²) < 4.78 is 30.3. The number of fused-ring (bicyclic) bond motifs is 1. The second-order valence-electron chi connectivity index (χ2n) is 9.58. The molecule has 0 N–H and O–H groups in total. The minimum Gasteiger partial charge on any atom is -0.308 e. The van der Waals surface area contributed by atoms with Crippen LogP contribution in [0.25, 0.3) is 0 Å². The number of hydrogen-bond donors (Lipinski definition) is 0. The first-order valence-electron chi connectivity index (χ1n) is 11.7. The Morgan fingerprint density at radius 2 is 1.60 bits per heavy atom. The van der Waals surface area contributed by atoms with Crippen LogP contribution in [0.4, 0.5) is 5.69 Å². The van der Waals surface area contributed by atoms with Crippen LogP contribution in [-0.2, 0) is 27.8 Å². The van der Waals surface area contributed by atoms with Crippen LogP contribution in [-0.4, -0.2) is 31.2 Å². The van der Waals surface area contributed by atoms with Gasteiger partial charge in [-0.25, -0.2) is 8.42 Å². The second-order valence-corrected chi connectivity index (χ2v) is 12.4. The van der Waals surface area contributed by atoms with E-state index >= 15 is 0 Å². The van der Waals surface area contributed by atoms with Crippen LogP contribution in [0.5, 0.6) is 0 Å². The maximum Gasteiger partial charge on any atom is 0.244 e. The minimum atomic E-state index is -3.94. The monoisotopic (exact) mass is 554 g/mol. The fourth-order valence-electron chi connectivity index (χ4n) is 5.03. The molecule has 0 bridgehead atoms. The molecule has 0 saturated heterocycles. The zero-order valence-corrected chi connectivity index (χ0v) is 23.2. The largest absolute Gasteiger partial charge is 0.308 e. The van der Waals surface area contributed by atoms with Gasteiger partial charge in [-0.2, -0.15) is 4.31 Å². The lowest BCUT2D eigenvalue weighted by Crippen LogP contribution is -2.45. The van der Waals surface area contributed by atoms with Gasteiger partial charge in [0.05, 0.1) is 11.4 Å². The Bertz CT molecular complexity index is 1360. The van der Waals surface area contributed by atoms with Gasteiger partial charge in [-0.05, 0) is 81.5 Å². The number of carbonyl (C=O) groups is 1. The molecular weight excluding hydrogens is 524 g/mol. The van der Waals surface area contributed by atoms with Crippen molar-refractivity contribution >= 4 is 37.5 Å². The molecule has 1 aliphatic heterocycles. The molecule has 0 unspecified atom stereocenters. The van der Waals surface area contributed by atoms with Gasteiger partial charge in [0.15, 0.2) is 0 Å². The number of hydrogen-bond acceptors (Lipinski definition) is 3. The van der Waals surface area contributed by atoms with Crippen molar-refractivity contribution in [3.8, 4) is 0 Å². The maximum absolute atomic E-state index is 14.0. The normalized spacial score (nSPS) is 15.5. The Hall–Kier alpha value is -2.48. The van der Waals surface area contributed by atoms with Crippen LogP contribution >= 0.6 is 15.9 Å². The van der Waals surface area contributed by atoms with Gasteiger partial charge in [0.2, 0.25) is 15.9 Å². The molecule has 7 heteroatoms. The highest BCUT2D eigenvalue weighted by Crippen LogP contribution is 2.35. The average Bonchev–Trinajstić information content (AvgIpc) is 3.08. The van der Waals surface area contributed by atoms with E-state index in [9.17, 15) is 13.2 Å². The van der Waals surface area contributed by atoms with Crippen LogP contribution in [0.15, 0.2) is 64.0 Å². The molecule has 4 rings (SSSR count). The van der Waals surface area contributed by atoms with Gasteiger partial charge >= 0.3 is 0 Å². The van der Waals surface area contributed by atoms with E-state index in [4.69, 9.17) is 0 Å². The molecule has 0 radical (unpaired) electrons. The lowest BCUT2D eigenvalue weighted by atomic mass is 10.1. The molecule has 0 aliphatic carbocycles. The average molecular weight is 556 g/mol. The second kappa shape index (κ2) is 9.88. The van der Waals surface area contributed by atoms with Crippen molar-refractivity contribution in [3.05, 3.63) is 92.5 Å². The molecule has 1 heterocycles. The Balaban J connectivity index is 1.73. The van der Waals surface area contributed by atoms with Gasteiger partial charge in [-0.1, -0.05) is 63.5 Å². The van der Waals surface area contributed by atoms with Crippen molar-refractivity contribution in [1.82, 2.24) is 4.31 Å². The van der Waals surface area contributed by atoms with E-state index in [1.807, 2.05) is 89.2 Å². The van der Waals surface area contributed by atoms with Crippen molar-refractivity contribution in [2.75, 3.05) is 11.4 Å². The van der Waals surface area contributed by atoms with E-state index in [1.165, 1.54) is 4.31 Å². The van der Waals surface area contributed by atoms with E-state index in [0.717, 1.165) is 38.8 Å². The highest BCUT2D eigenvalue weighted by atomic mass is 79.9. The number of amides is 1. The van der Waals surface area contributed by atoms with Gasteiger partial charge < -0.3 is 4.90 Å². The molecule has 5 nitrogen and oxygen atoms in total. The number of nitrogens with zero attached hydrogens (tertiary/aromatic N) is 2. The third kappa shape index (κ3) is 5.22. The summed E-state index contributed by atoms with van der Waals surface area (Å²) in [5.74, 6) is -0.225. The zero-order valence-electron chi connectivity index (χ0n) is 20.8. The van der Waals surface area contributed by atoms with Crippen molar-refractivity contribution in [2.45, 2.75) is 58.5 Å². The van der Waals surface area contributed by atoms with Crippen molar-refractivity contribution in [1.29, 1.82) is 0 Å². The molecule has 0 aromatic heterocycles. The number of halogens is 1. The number of rotatable bonds is 6. The van der Waals surface area contributed by atoms with Crippen LogP contribution in [0.1, 0.15) is 40.3 Å². The lowest BCUT2D eigenvalue weighted by molar-refractivity contribution is -0.119. The fourth-order valence-corrected chi connectivity index (χ4v) is 7.23. The molecule has 1 amide bonds. The molecule has 0 fully saturated rings. The summed E-state index contributed by atoms with van der Waals surface area (Å²) in [6.45, 7) is 9.46. The standard InChI is InChI=1S/C28H31BrN2O3S/c1-18-6-8-23(9-7-18)16-30(35(33,34)28-20(3)12-19(2)13-21(28)4)17-27(32)31-22(5)14-24-15-25(29)10-11-26(24)31/h6-13,15,22H,14,16-17H2,1-5H3/t22-/m1/s1. The molecule has 35 heavy (non-hydrogen) atoms.